The number of aliphatic carboxylic acids is 1. The van der Waals surface area contributed by atoms with Crippen LogP contribution in [0.4, 0.5) is 0 Å². The number of hydrogen-bond acceptors (Lipinski definition) is 4. The second-order valence-electron chi connectivity index (χ2n) is 3.76. The van der Waals surface area contributed by atoms with Crippen LogP contribution in [-0.4, -0.2) is 43.8 Å². The summed E-state index contributed by atoms with van der Waals surface area (Å²) in [4.78, 5) is 10.4. The van der Waals surface area contributed by atoms with E-state index in [4.69, 9.17) is 5.11 Å². The normalized spacial score (nSPS) is 22.2. The maximum absolute atomic E-state index is 10.4. The Morgan fingerprint density at radius 2 is 1.93 bits per heavy atom. The molecule has 3 N–H and O–H groups in total. The van der Waals surface area contributed by atoms with Crippen molar-refractivity contribution in [2.45, 2.75) is 19.3 Å². The summed E-state index contributed by atoms with van der Waals surface area (Å²) in [5, 5.41) is 8.58. The van der Waals surface area contributed by atoms with Crippen molar-refractivity contribution < 1.29 is 19.0 Å². The van der Waals surface area contributed by atoms with Crippen molar-refractivity contribution in [1.82, 2.24) is 4.31 Å². The zero-order chi connectivity index (χ0) is 10.8. The van der Waals surface area contributed by atoms with E-state index in [0.29, 0.717) is 13.1 Å². The molecule has 0 atom stereocenters. The first-order chi connectivity index (χ1) is 6.39. The van der Waals surface area contributed by atoms with Crippen LogP contribution in [0.3, 0.4) is 0 Å². The highest BCUT2D eigenvalue weighted by Crippen LogP contribution is 2.41. The van der Waals surface area contributed by atoms with E-state index in [1.54, 1.807) is 4.31 Å². The molecule has 1 aliphatic heterocycles. The zero-order valence-electron chi connectivity index (χ0n) is 8.22. The summed E-state index contributed by atoms with van der Waals surface area (Å²) in [5.74, 6) is -0.586. The molecule has 0 aromatic carbocycles. The average molecular weight is 223 g/mol. The van der Waals surface area contributed by atoms with Crippen molar-refractivity contribution in [3.05, 3.63) is 0 Å². The van der Waals surface area contributed by atoms with E-state index in [0.717, 1.165) is 12.8 Å². The van der Waals surface area contributed by atoms with Gasteiger partial charge in [0, 0.05) is 25.8 Å². The largest absolute Gasteiger partial charge is 0.481 e. The van der Waals surface area contributed by atoms with E-state index in [2.05, 4.69) is 0 Å². The first-order valence-electron chi connectivity index (χ1n) is 4.59. The summed E-state index contributed by atoms with van der Waals surface area (Å²) in [6.07, 6.45) is 3.06. The second kappa shape index (κ2) is 4.48. The highest BCUT2D eigenvalue weighted by atomic mass is 32.3. The van der Waals surface area contributed by atoms with Crippen molar-refractivity contribution in [3.63, 3.8) is 0 Å². The Morgan fingerprint density at radius 1 is 1.43 bits per heavy atom. The molecule has 0 amide bonds. The van der Waals surface area contributed by atoms with Gasteiger partial charge in [-0.2, -0.15) is 0 Å². The Bertz CT molecular complexity index is 208. The van der Waals surface area contributed by atoms with Crippen molar-refractivity contribution in [2.75, 3.05) is 19.3 Å². The predicted octanol–water partition coefficient (Wildman–Crippen LogP) is 1.47. The Morgan fingerprint density at radius 3 is 2.29 bits per heavy atom. The SMILES string of the molecule is CS(O)(O)N1CCC(CC(=O)O)CC1. The number of hydrogen-bond donors (Lipinski definition) is 3. The molecule has 14 heavy (non-hydrogen) atoms. The van der Waals surface area contributed by atoms with Gasteiger partial charge in [-0.05, 0) is 18.8 Å². The smallest absolute Gasteiger partial charge is 0.303 e. The minimum atomic E-state index is -2.59. The van der Waals surface area contributed by atoms with Crippen molar-refractivity contribution in [1.29, 1.82) is 0 Å². The van der Waals surface area contributed by atoms with Gasteiger partial charge in [0.15, 0.2) is 0 Å². The molecule has 5 nitrogen and oxygen atoms in total. The van der Waals surface area contributed by atoms with Gasteiger partial charge >= 0.3 is 5.97 Å². The molecule has 0 aromatic rings. The van der Waals surface area contributed by atoms with E-state index in [1.807, 2.05) is 0 Å². The minimum Gasteiger partial charge on any atom is -0.481 e. The lowest BCUT2D eigenvalue weighted by molar-refractivity contribution is -0.138. The third kappa shape index (κ3) is 3.45. The number of carbonyl (C=O) groups is 1. The van der Waals surface area contributed by atoms with Gasteiger partial charge in [-0.3, -0.25) is 13.9 Å². The van der Waals surface area contributed by atoms with Gasteiger partial charge in [-0.15, -0.1) is 10.8 Å². The highest BCUT2D eigenvalue weighted by molar-refractivity contribution is 8.21. The van der Waals surface area contributed by atoms with Crippen LogP contribution in [0, 0.1) is 5.92 Å². The van der Waals surface area contributed by atoms with Crippen LogP contribution >= 0.6 is 10.8 Å². The van der Waals surface area contributed by atoms with Gasteiger partial charge in [0.1, 0.15) is 0 Å². The molecule has 0 spiro atoms. The number of carboxylic acid groups (broad SMARTS) is 1. The fourth-order valence-corrected chi connectivity index (χ4v) is 2.61. The summed E-state index contributed by atoms with van der Waals surface area (Å²) < 4.78 is 20.3. The maximum atomic E-state index is 10.4. The summed E-state index contributed by atoms with van der Waals surface area (Å²) in [5.41, 5.74) is 0. The lowest BCUT2D eigenvalue weighted by Gasteiger charge is -2.43. The van der Waals surface area contributed by atoms with Crippen LogP contribution in [0.15, 0.2) is 0 Å². The molecule has 6 heteroatoms. The van der Waals surface area contributed by atoms with Crippen LogP contribution in [0.5, 0.6) is 0 Å². The van der Waals surface area contributed by atoms with Crippen LogP contribution in [0.2, 0.25) is 0 Å². The molecular weight excluding hydrogens is 206 g/mol. The lowest BCUT2D eigenvalue weighted by atomic mass is 9.95. The number of nitrogens with zero attached hydrogens (tertiary/aromatic N) is 1. The molecule has 84 valence electrons. The van der Waals surface area contributed by atoms with Crippen LogP contribution < -0.4 is 0 Å². The van der Waals surface area contributed by atoms with Gasteiger partial charge in [-0.25, -0.2) is 4.31 Å². The molecule has 1 rings (SSSR count). The third-order valence-corrected chi connectivity index (χ3v) is 3.87. The summed E-state index contributed by atoms with van der Waals surface area (Å²) >= 11 is 0. The molecule has 1 fully saturated rings. The fraction of sp³-hybridized carbons (Fsp3) is 0.875. The zero-order valence-corrected chi connectivity index (χ0v) is 9.03. The lowest BCUT2D eigenvalue weighted by Crippen LogP contribution is -2.35. The van der Waals surface area contributed by atoms with E-state index >= 15 is 0 Å². The van der Waals surface area contributed by atoms with Gasteiger partial charge in [-0.1, -0.05) is 0 Å². The summed E-state index contributed by atoms with van der Waals surface area (Å²) in [7, 11) is -2.59. The molecule has 0 radical (unpaired) electrons. The Balaban J connectivity index is 2.35. The molecule has 1 heterocycles. The molecule has 0 aromatic heterocycles. The van der Waals surface area contributed by atoms with Crippen LogP contribution in [0.1, 0.15) is 19.3 Å². The first-order valence-corrected chi connectivity index (χ1v) is 6.51. The predicted molar refractivity (Wildman–Crippen MR) is 55.3 cm³/mol. The van der Waals surface area contributed by atoms with E-state index in [-0.39, 0.29) is 12.3 Å². The quantitative estimate of drug-likeness (QED) is 0.675. The maximum Gasteiger partial charge on any atom is 0.303 e. The van der Waals surface area contributed by atoms with Gasteiger partial charge in [0.25, 0.3) is 0 Å². The molecule has 0 bridgehead atoms. The van der Waals surface area contributed by atoms with Crippen LogP contribution in [-0.2, 0) is 4.79 Å². The third-order valence-electron chi connectivity index (χ3n) is 2.53. The molecular formula is C8H17NO4S. The Kier molecular flexibility index (Phi) is 3.77. The van der Waals surface area contributed by atoms with Gasteiger partial charge < -0.3 is 5.11 Å². The summed E-state index contributed by atoms with van der Waals surface area (Å²) in [6, 6.07) is 0. The minimum absolute atomic E-state index is 0.186. The Labute approximate surface area is 85.2 Å². The van der Waals surface area contributed by atoms with E-state index < -0.39 is 16.7 Å². The van der Waals surface area contributed by atoms with E-state index in [1.165, 1.54) is 6.26 Å². The highest BCUT2D eigenvalue weighted by Gasteiger charge is 2.26. The summed E-state index contributed by atoms with van der Waals surface area (Å²) in [6.45, 7) is 1.16. The van der Waals surface area contributed by atoms with E-state index in [9.17, 15) is 13.9 Å². The monoisotopic (exact) mass is 223 g/mol. The second-order valence-corrected chi connectivity index (χ2v) is 5.86. The molecule has 1 aliphatic rings. The number of rotatable bonds is 3. The van der Waals surface area contributed by atoms with Crippen LogP contribution in [0.25, 0.3) is 0 Å². The topological polar surface area (TPSA) is 81.0 Å². The molecule has 0 saturated carbocycles. The van der Waals surface area contributed by atoms with Crippen molar-refractivity contribution >= 4 is 16.7 Å². The molecule has 0 unspecified atom stereocenters. The first kappa shape index (κ1) is 11.8. The molecule has 0 aliphatic carbocycles. The standard InChI is InChI=1S/C8H17NO4S/c1-14(12,13)9-4-2-7(3-5-9)6-8(10)11/h7,12-13H,2-6H2,1H3,(H,10,11). The fourth-order valence-electron chi connectivity index (χ4n) is 1.71. The number of piperidine rings is 1. The van der Waals surface area contributed by atoms with Crippen molar-refractivity contribution in [3.8, 4) is 0 Å². The Hall–Kier alpha value is -0.300. The number of carboxylic acids is 1. The van der Waals surface area contributed by atoms with Gasteiger partial charge in [0.05, 0.1) is 0 Å². The van der Waals surface area contributed by atoms with Gasteiger partial charge in [0.2, 0.25) is 0 Å². The molecule has 1 saturated heterocycles. The van der Waals surface area contributed by atoms with Crippen molar-refractivity contribution in [2.24, 2.45) is 5.92 Å². The average Bonchev–Trinajstić information content (AvgIpc) is 2.02.